The van der Waals surface area contributed by atoms with E-state index in [0.29, 0.717) is 19.4 Å². The Balaban J connectivity index is 2.33. The zero-order valence-electron chi connectivity index (χ0n) is 8.30. The molecule has 0 aliphatic carbocycles. The molecule has 0 amide bonds. The molecule has 1 unspecified atom stereocenters. The Morgan fingerprint density at radius 3 is 2.62 bits per heavy atom. The number of carbonyl (C=O) groups excluding carboxylic acids is 1. The predicted molar refractivity (Wildman–Crippen MR) is 49.6 cm³/mol. The molecule has 2 rings (SSSR count). The fourth-order valence-electron chi connectivity index (χ4n) is 1.67. The van der Waals surface area contributed by atoms with E-state index in [2.05, 4.69) is 0 Å². The molecule has 0 N–H and O–H groups in total. The third-order valence-electron chi connectivity index (χ3n) is 2.52. The average Bonchev–Trinajstić information content (AvgIpc) is 2.79. The molecule has 0 bridgehead atoms. The van der Waals surface area contributed by atoms with E-state index in [-0.39, 0.29) is 0 Å². The molecule has 1 aromatic carbocycles. The van der Waals surface area contributed by atoms with E-state index >= 15 is 0 Å². The van der Waals surface area contributed by atoms with Crippen molar-refractivity contribution in [3.05, 3.63) is 35.1 Å². The molecule has 0 spiro atoms. The Bertz CT molecular complexity index is 425. The lowest BCUT2D eigenvalue weighted by molar-refractivity contribution is 0.0637. The standard InChI is InChI=1S/C11H9F3O2/c12-7-4-3-6(9(13)10(7)14)11(15)8-2-1-5-16-8/h3-4,8H,1-2,5H2. The summed E-state index contributed by atoms with van der Waals surface area (Å²) in [6.45, 7) is 0.432. The Hall–Kier alpha value is -1.36. The van der Waals surface area contributed by atoms with Gasteiger partial charge in [0.15, 0.2) is 23.2 Å². The van der Waals surface area contributed by atoms with Crippen molar-refractivity contribution in [2.24, 2.45) is 0 Å². The van der Waals surface area contributed by atoms with E-state index in [1.165, 1.54) is 0 Å². The van der Waals surface area contributed by atoms with Gasteiger partial charge in [0.05, 0.1) is 5.56 Å². The molecule has 1 aliphatic rings. The summed E-state index contributed by atoms with van der Waals surface area (Å²) in [6, 6.07) is 1.68. The molecule has 1 saturated heterocycles. The van der Waals surface area contributed by atoms with Gasteiger partial charge in [0, 0.05) is 6.61 Å². The zero-order valence-corrected chi connectivity index (χ0v) is 8.30. The van der Waals surface area contributed by atoms with Gasteiger partial charge in [-0.2, -0.15) is 0 Å². The topological polar surface area (TPSA) is 26.3 Å². The normalized spacial score (nSPS) is 20.1. The number of hydrogen-bond donors (Lipinski definition) is 0. The molecule has 0 saturated carbocycles. The van der Waals surface area contributed by atoms with Crippen molar-refractivity contribution in [1.29, 1.82) is 0 Å². The van der Waals surface area contributed by atoms with Gasteiger partial charge in [0.1, 0.15) is 6.10 Å². The monoisotopic (exact) mass is 230 g/mol. The second-order valence-corrected chi connectivity index (χ2v) is 3.59. The molecule has 1 heterocycles. The second-order valence-electron chi connectivity index (χ2n) is 3.59. The highest BCUT2D eigenvalue weighted by Gasteiger charge is 2.28. The van der Waals surface area contributed by atoms with Gasteiger partial charge in [0.25, 0.3) is 0 Å². The first-order valence-electron chi connectivity index (χ1n) is 4.90. The van der Waals surface area contributed by atoms with Crippen LogP contribution in [0.4, 0.5) is 13.2 Å². The number of halogens is 3. The molecule has 86 valence electrons. The van der Waals surface area contributed by atoms with Crippen LogP contribution in [0.1, 0.15) is 23.2 Å². The first kappa shape index (κ1) is 11.1. The molecule has 0 aromatic heterocycles. The third-order valence-corrected chi connectivity index (χ3v) is 2.52. The summed E-state index contributed by atoms with van der Waals surface area (Å²) < 4.78 is 43.9. The number of Topliss-reactive ketones (excluding diaryl/α,β-unsaturated/α-hetero) is 1. The summed E-state index contributed by atoms with van der Waals surface area (Å²) >= 11 is 0. The first-order chi connectivity index (χ1) is 7.61. The van der Waals surface area contributed by atoms with E-state index in [4.69, 9.17) is 4.74 Å². The van der Waals surface area contributed by atoms with E-state index in [9.17, 15) is 18.0 Å². The highest BCUT2D eigenvalue weighted by atomic mass is 19.2. The largest absolute Gasteiger partial charge is 0.370 e. The van der Waals surface area contributed by atoms with E-state index in [0.717, 1.165) is 12.1 Å². The minimum atomic E-state index is -1.62. The molecular formula is C11H9F3O2. The predicted octanol–water partition coefficient (Wildman–Crippen LogP) is 2.47. The number of ketones is 1. The Labute approximate surface area is 90.0 Å². The van der Waals surface area contributed by atoms with Crippen LogP contribution in [0.2, 0.25) is 0 Å². The van der Waals surface area contributed by atoms with Crippen molar-refractivity contribution in [3.8, 4) is 0 Å². The van der Waals surface area contributed by atoms with Gasteiger partial charge in [-0.1, -0.05) is 0 Å². The van der Waals surface area contributed by atoms with Gasteiger partial charge in [-0.15, -0.1) is 0 Å². The Morgan fingerprint density at radius 2 is 2.00 bits per heavy atom. The fraction of sp³-hybridized carbons (Fsp3) is 0.364. The summed E-state index contributed by atoms with van der Waals surface area (Å²) in [6.07, 6.45) is 0.457. The van der Waals surface area contributed by atoms with E-state index in [1.807, 2.05) is 0 Å². The summed E-state index contributed by atoms with van der Waals surface area (Å²) in [5, 5.41) is 0. The van der Waals surface area contributed by atoms with Crippen molar-refractivity contribution in [2.75, 3.05) is 6.61 Å². The van der Waals surface area contributed by atoms with E-state index < -0.39 is 34.9 Å². The highest BCUT2D eigenvalue weighted by molar-refractivity contribution is 5.99. The van der Waals surface area contributed by atoms with Crippen molar-refractivity contribution in [1.82, 2.24) is 0 Å². The zero-order chi connectivity index (χ0) is 11.7. The number of benzene rings is 1. The van der Waals surface area contributed by atoms with Crippen LogP contribution in [0, 0.1) is 17.5 Å². The van der Waals surface area contributed by atoms with Crippen LogP contribution in [0.25, 0.3) is 0 Å². The van der Waals surface area contributed by atoms with Gasteiger partial charge < -0.3 is 4.74 Å². The van der Waals surface area contributed by atoms with Gasteiger partial charge in [-0.3, -0.25) is 4.79 Å². The molecule has 1 atom stereocenters. The van der Waals surface area contributed by atoms with Gasteiger partial charge in [-0.05, 0) is 25.0 Å². The van der Waals surface area contributed by atoms with Crippen molar-refractivity contribution in [2.45, 2.75) is 18.9 Å². The maximum absolute atomic E-state index is 13.3. The lowest BCUT2D eigenvalue weighted by Crippen LogP contribution is -2.21. The lowest BCUT2D eigenvalue weighted by Gasteiger charge is -2.09. The molecule has 0 radical (unpaired) electrons. The molecule has 1 fully saturated rings. The van der Waals surface area contributed by atoms with Crippen LogP contribution >= 0.6 is 0 Å². The maximum Gasteiger partial charge on any atom is 0.195 e. The quantitative estimate of drug-likeness (QED) is 0.576. The second kappa shape index (κ2) is 4.25. The Kier molecular flexibility index (Phi) is 2.96. The van der Waals surface area contributed by atoms with Crippen LogP contribution in [0.5, 0.6) is 0 Å². The average molecular weight is 230 g/mol. The summed E-state index contributed by atoms with van der Waals surface area (Å²) in [5.74, 6) is -5.00. The highest BCUT2D eigenvalue weighted by Crippen LogP contribution is 2.21. The summed E-state index contributed by atoms with van der Waals surface area (Å²) in [4.78, 5) is 11.7. The smallest absolute Gasteiger partial charge is 0.195 e. The molecule has 2 nitrogen and oxygen atoms in total. The molecule has 1 aromatic rings. The first-order valence-corrected chi connectivity index (χ1v) is 4.90. The Morgan fingerprint density at radius 1 is 1.25 bits per heavy atom. The fourth-order valence-corrected chi connectivity index (χ4v) is 1.67. The van der Waals surface area contributed by atoms with Crippen molar-refractivity contribution < 1.29 is 22.7 Å². The molecular weight excluding hydrogens is 221 g/mol. The third kappa shape index (κ3) is 1.82. The molecule has 1 aliphatic heterocycles. The number of rotatable bonds is 2. The van der Waals surface area contributed by atoms with Gasteiger partial charge in [0.2, 0.25) is 0 Å². The van der Waals surface area contributed by atoms with Crippen LogP contribution in [0.15, 0.2) is 12.1 Å². The minimum absolute atomic E-state index is 0.432. The maximum atomic E-state index is 13.3. The van der Waals surface area contributed by atoms with Crippen LogP contribution in [0.3, 0.4) is 0 Å². The summed E-state index contributed by atoms with van der Waals surface area (Å²) in [7, 11) is 0. The number of carbonyl (C=O) groups is 1. The van der Waals surface area contributed by atoms with Crippen LogP contribution < -0.4 is 0 Å². The van der Waals surface area contributed by atoms with Crippen LogP contribution in [-0.4, -0.2) is 18.5 Å². The van der Waals surface area contributed by atoms with Crippen LogP contribution in [-0.2, 0) is 4.74 Å². The summed E-state index contributed by atoms with van der Waals surface area (Å²) in [5.41, 5.74) is -0.453. The SMILES string of the molecule is O=C(c1ccc(F)c(F)c1F)C1CCCO1. The van der Waals surface area contributed by atoms with Crippen molar-refractivity contribution in [3.63, 3.8) is 0 Å². The molecule has 16 heavy (non-hydrogen) atoms. The lowest BCUT2D eigenvalue weighted by atomic mass is 10.0. The minimum Gasteiger partial charge on any atom is -0.370 e. The number of hydrogen-bond acceptors (Lipinski definition) is 2. The van der Waals surface area contributed by atoms with Gasteiger partial charge in [-0.25, -0.2) is 13.2 Å². The van der Waals surface area contributed by atoms with E-state index in [1.54, 1.807) is 0 Å². The van der Waals surface area contributed by atoms with Gasteiger partial charge >= 0.3 is 0 Å². The van der Waals surface area contributed by atoms with Crippen molar-refractivity contribution >= 4 is 5.78 Å². The number of ether oxygens (including phenoxy) is 1. The molecule has 5 heteroatoms.